The molecule has 0 N–H and O–H groups in total. The zero-order valence-electron chi connectivity index (χ0n) is 15.1. The lowest BCUT2D eigenvalue weighted by molar-refractivity contribution is 0.741. The van der Waals surface area contributed by atoms with Crippen LogP contribution in [0.3, 0.4) is 0 Å². The molecule has 0 saturated heterocycles. The smallest absolute Gasteiger partial charge is 0.180 e. The normalized spacial score (nSPS) is 19.4. The van der Waals surface area contributed by atoms with E-state index in [1.165, 1.54) is 5.01 Å². The van der Waals surface area contributed by atoms with Gasteiger partial charge in [-0.05, 0) is 44.9 Å². The first-order valence-corrected chi connectivity index (χ1v) is 9.55. The van der Waals surface area contributed by atoms with Gasteiger partial charge in [-0.15, -0.1) is 21.5 Å². The topological polar surface area (TPSA) is 73.8 Å². The van der Waals surface area contributed by atoms with E-state index in [4.69, 9.17) is 10.2 Å². The van der Waals surface area contributed by atoms with Gasteiger partial charge in [-0.2, -0.15) is 14.7 Å². The summed E-state index contributed by atoms with van der Waals surface area (Å²) < 4.78 is 3.72. The van der Waals surface area contributed by atoms with Gasteiger partial charge in [0.05, 0.1) is 16.4 Å². The summed E-state index contributed by atoms with van der Waals surface area (Å²) in [7, 11) is 1.98. The lowest BCUT2D eigenvalue weighted by atomic mass is 10.2. The fraction of sp³-hybridized carbons (Fsp3) is 0.389. The molecular formula is C18H19N7S. The monoisotopic (exact) mass is 365 g/mol. The number of aryl methyl sites for hydroxylation is 4. The summed E-state index contributed by atoms with van der Waals surface area (Å²) in [5, 5.41) is 21.2. The van der Waals surface area contributed by atoms with Crippen molar-refractivity contribution in [3.8, 4) is 11.4 Å². The highest BCUT2D eigenvalue weighted by Gasteiger charge is 2.43. The predicted octanol–water partition coefficient (Wildman–Crippen LogP) is 3.18. The van der Waals surface area contributed by atoms with Gasteiger partial charge in [0.25, 0.3) is 0 Å². The molecule has 0 amide bonds. The van der Waals surface area contributed by atoms with E-state index in [2.05, 4.69) is 32.7 Å². The van der Waals surface area contributed by atoms with Crippen LogP contribution in [0.25, 0.3) is 17.0 Å². The van der Waals surface area contributed by atoms with Crippen LogP contribution in [0.2, 0.25) is 0 Å². The van der Waals surface area contributed by atoms with E-state index in [-0.39, 0.29) is 0 Å². The molecule has 0 bridgehead atoms. The van der Waals surface area contributed by atoms with Crippen LogP contribution in [0.5, 0.6) is 0 Å². The molecule has 132 valence electrons. The predicted molar refractivity (Wildman–Crippen MR) is 99.4 cm³/mol. The molecule has 4 aromatic rings. The van der Waals surface area contributed by atoms with Gasteiger partial charge in [-0.3, -0.25) is 4.68 Å². The summed E-state index contributed by atoms with van der Waals surface area (Å²) in [6.45, 7) is 6.00. The highest BCUT2D eigenvalue weighted by Crippen LogP contribution is 2.55. The molecular weight excluding hydrogens is 346 g/mol. The first kappa shape index (κ1) is 15.6. The summed E-state index contributed by atoms with van der Waals surface area (Å²) >= 11 is 1.76. The van der Waals surface area contributed by atoms with Crippen LogP contribution in [0, 0.1) is 20.8 Å². The second-order valence-electron chi connectivity index (χ2n) is 7.05. The molecule has 2 atom stereocenters. The molecule has 0 aromatic carbocycles. The van der Waals surface area contributed by atoms with Gasteiger partial charge in [-0.25, -0.2) is 4.98 Å². The van der Waals surface area contributed by atoms with Crippen LogP contribution in [0.15, 0.2) is 17.5 Å². The summed E-state index contributed by atoms with van der Waals surface area (Å²) in [6, 6.07) is 4.22. The highest BCUT2D eigenvalue weighted by atomic mass is 32.1. The Bertz CT molecular complexity index is 1140. The number of nitrogens with zero attached hydrogens (tertiary/aromatic N) is 7. The number of hydrogen-bond acceptors (Lipinski definition) is 6. The van der Waals surface area contributed by atoms with E-state index < -0.39 is 0 Å². The maximum Gasteiger partial charge on any atom is 0.180 e. The summed E-state index contributed by atoms with van der Waals surface area (Å²) in [4.78, 5) is 4.64. The Morgan fingerprint density at radius 3 is 2.69 bits per heavy atom. The van der Waals surface area contributed by atoms with Crippen molar-refractivity contribution in [1.29, 1.82) is 0 Å². The van der Waals surface area contributed by atoms with Gasteiger partial charge in [0.2, 0.25) is 0 Å². The molecule has 8 heteroatoms. The Labute approximate surface area is 154 Å². The van der Waals surface area contributed by atoms with E-state index in [9.17, 15) is 0 Å². The van der Waals surface area contributed by atoms with Crippen LogP contribution in [0.1, 0.15) is 46.0 Å². The summed E-state index contributed by atoms with van der Waals surface area (Å²) in [5.41, 5.74) is 5.99. The van der Waals surface area contributed by atoms with Crippen molar-refractivity contribution in [3.63, 3.8) is 0 Å². The van der Waals surface area contributed by atoms with Gasteiger partial charge in [0, 0.05) is 30.0 Å². The molecule has 5 rings (SSSR count). The number of thiazole rings is 1. The zero-order chi connectivity index (χ0) is 18.0. The maximum absolute atomic E-state index is 4.76. The third kappa shape index (κ3) is 2.36. The molecule has 4 aromatic heterocycles. The molecule has 26 heavy (non-hydrogen) atoms. The Balaban J connectivity index is 1.51. The third-order valence-corrected chi connectivity index (χ3v) is 6.09. The van der Waals surface area contributed by atoms with Crippen molar-refractivity contribution in [2.75, 3.05) is 0 Å². The number of rotatable bonds is 3. The number of aromatic nitrogens is 7. The van der Waals surface area contributed by atoms with E-state index in [0.29, 0.717) is 11.8 Å². The Morgan fingerprint density at radius 1 is 1.08 bits per heavy atom. The first-order valence-electron chi connectivity index (χ1n) is 8.67. The van der Waals surface area contributed by atoms with Crippen molar-refractivity contribution < 1.29 is 0 Å². The third-order valence-electron chi connectivity index (χ3n) is 5.00. The molecule has 7 nitrogen and oxygen atoms in total. The van der Waals surface area contributed by atoms with Gasteiger partial charge in [-0.1, -0.05) is 0 Å². The minimum absolute atomic E-state index is 0.460. The van der Waals surface area contributed by atoms with E-state index >= 15 is 0 Å². The maximum atomic E-state index is 4.76. The van der Waals surface area contributed by atoms with Crippen molar-refractivity contribution in [1.82, 2.24) is 34.6 Å². The van der Waals surface area contributed by atoms with Crippen LogP contribution < -0.4 is 0 Å². The van der Waals surface area contributed by atoms with E-state index in [0.717, 1.165) is 46.2 Å². The van der Waals surface area contributed by atoms with Gasteiger partial charge in [0.1, 0.15) is 5.69 Å². The lowest BCUT2D eigenvalue weighted by Gasteiger charge is -2.04. The molecule has 0 aliphatic heterocycles. The van der Waals surface area contributed by atoms with Gasteiger partial charge < -0.3 is 0 Å². The molecule has 1 aliphatic carbocycles. The van der Waals surface area contributed by atoms with Crippen molar-refractivity contribution in [3.05, 3.63) is 45.3 Å². The van der Waals surface area contributed by atoms with E-state index in [1.807, 2.05) is 32.5 Å². The Hall–Kier alpha value is -2.61. The van der Waals surface area contributed by atoms with Crippen LogP contribution in [-0.4, -0.2) is 34.6 Å². The molecule has 4 heterocycles. The fourth-order valence-corrected chi connectivity index (χ4v) is 4.48. The Morgan fingerprint density at radius 2 is 1.92 bits per heavy atom. The van der Waals surface area contributed by atoms with Crippen LogP contribution in [-0.2, 0) is 7.05 Å². The fourth-order valence-electron chi connectivity index (χ4n) is 3.50. The first-order chi connectivity index (χ1) is 12.5. The summed E-state index contributed by atoms with van der Waals surface area (Å²) in [5.74, 6) is 1.75. The lowest BCUT2D eigenvalue weighted by Crippen LogP contribution is -2.02. The Kier molecular flexibility index (Phi) is 3.27. The number of hydrogen-bond donors (Lipinski definition) is 0. The molecule has 0 radical (unpaired) electrons. The second kappa shape index (κ2) is 5.44. The highest BCUT2D eigenvalue weighted by molar-refractivity contribution is 7.09. The average molecular weight is 365 g/mol. The SMILES string of the molecule is Cc1csc(C2CC2c2cc(-c3cc(C)c4nnc(C)n4n3)n(C)n2)n1. The zero-order valence-corrected chi connectivity index (χ0v) is 15.9. The van der Waals surface area contributed by atoms with E-state index in [1.54, 1.807) is 15.9 Å². The average Bonchev–Trinajstić information content (AvgIpc) is 2.91. The van der Waals surface area contributed by atoms with Crippen LogP contribution >= 0.6 is 11.3 Å². The molecule has 1 saturated carbocycles. The second-order valence-corrected chi connectivity index (χ2v) is 7.94. The number of fused-ring (bicyclic) bond motifs is 1. The minimum Gasteiger partial charge on any atom is -0.266 e. The van der Waals surface area contributed by atoms with Crippen LogP contribution in [0.4, 0.5) is 0 Å². The van der Waals surface area contributed by atoms with Crippen molar-refractivity contribution in [2.45, 2.75) is 39.0 Å². The largest absolute Gasteiger partial charge is 0.266 e. The summed E-state index contributed by atoms with van der Waals surface area (Å²) in [6.07, 6.45) is 1.12. The van der Waals surface area contributed by atoms with Gasteiger partial charge >= 0.3 is 0 Å². The molecule has 2 unspecified atom stereocenters. The minimum atomic E-state index is 0.460. The van der Waals surface area contributed by atoms with Crippen molar-refractivity contribution in [2.24, 2.45) is 7.05 Å². The van der Waals surface area contributed by atoms with Gasteiger partial charge in [0.15, 0.2) is 11.5 Å². The molecule has 1 aliphatic rings. The molecule has 0 spiro atoms. The standard InChI is InChI=1S/C18H19N7S/c1-9-5-15(23-25-11(3)20-21-17(9)25)16-7-14(22-24(16)4)12-6-13(12)18-19-10(2)8-26-18/h5,7-8,12-13H,6H2,1-4H3. The van der Waals surface area contributed by atoms with Crippen molar-refractivity contribution >= 4 is 17.0 Å². The molecule has 1 fully saturated rings. The quantitative estimate of drug-likeness (QED) is 0.557.